The van der Waals surface area contributed by atoms with Crippen molar-refractivity contribution in [2.75, 3.05) is 16.1 Å². The molecule has 12 heteroatoms. The Morgan fingerprint density at radius 1 is 0.800 bits per heavy atom. The first kappa shape index (κ1) is 25.3. The van der Waals surface area contributed by atoms with Crippen molar-refractivity contribution < 1.29 is 14.4 Å². The Morgan fingerprint density at radius 2 is 1.51 bits per heavy atom. The molecule has 1 heterocycles. The summed E-state index contributed by atoms with van der Waals surface area (Å²) in [5.41, 5.74) is 3.50. The molecule has 3 aromatic carbocycles. The first-order valence-electron chi connectivity index (χ1n) is 9.77. The monoisotopic (exact) mass is 612 g/mol. The van der Waals surface area contributed by atoms with E-state index in [1.807, 2.05) is 0 Å². The second-order valence-corrected chi connectivity index (χ2v) is 9.75. The minimum atomic E-state index is -1.04. The smallest absolute Gasteiger partial charge is 0.321 e. The number of anilines is 2. The van der Waals surface area contributed by atoms with Crippen molar-refractivity contribution in [3.05, 3.63) is 90.9 Å². The summed E-state index contributed by atoms with van der Waals surface area (Å²) in [6, 6.07) is 15.9. The highest BCUT2D eigenvalue weighted by Crippen LogP contribution is 2.30. The van der Waals surface area contributed by atoms with Gasteiger partial charge in [-0.15, -0.1) is 0 Å². The highest BCUT2D eigenvalue weighted by molar-refractivity contribution is 9.10. The van der Waals surface area contributed by atoms with Gasteiger partial charge in [-0.3, -0.25) is 19.8 Å². The number of benzene rings is 3. The molecular formula is C23H13BrCl4N4O3. The average molecular weight is 615 g/mol. The number of nitrogens with one attached hydrogen (secondary N) is 3. The van der Waals surface area contributed by atoms with Gasteiger partial charge in [0.2, 0.25) is 0 Å². The van der Waals surface area contributed by atoms with E-state index in [-0.39, 0.29) is 21.4 Å². The molecule has 0 fully saturated rings. The topological polar surface area (TPSA) is 92.2 Å². The maximum atomic E-state index is 13.1. The molecule has 1 aromatic heterocycles. The van der Waals surface area contributed by atoms with Gasteiger partial charge in [0.1, 0.15) is 5.69 Å². The van der Waals surface area contributed by atoms with Crippen molar-refractivity contribution in [1.82, 2.24) is 4.68 Å². The molecule has 0 aliphatic rings. The summed E-state index contributed by atoms with van der Waals surface area (Å²) < 4.78 is 1.97. The molecule has 35 heavy (non-hydrogen) atoms. The summed E-state index contributed by atoms with van der Waals surface area (Å²) in [6.07, 6.45) is 0. The van der Waals surface area contributed by atoms with Crippen LogP contribution in [0.25, 0.3) is 10.9 Å². The van der Waals surface area contributed by atoms with E-state index >= 15 is 0 Å². The average Bonchev–Trinajstić information content (AvgIpc) is 3.13. The Morgan fingerprint density at radius 3 is 2.23 bits per heavy atom. The molecule has 3 N–H and O–H groups in total. The lowest BCUT2D eigenvalue weighted by Gasteiger charge is -2.13. The van der Waals surface area contributed by atoms with Gasteiger partial charge in [0, 0.05) is 25.6 Å². The van der Waals surface area contributed by atoms with Gasteiger partial charge in [0.05, 0.1) is 21.2 Å². The third-order valence-electron chi connectivity index (χ3n) is 4.74. The lowest BCUT2D eigenvalue weighted by Crippen LogP contribution is -2.36. The fourth-order valence-electron chi connectivity index (χ4n) is 3.23. The van der Waals surface area contributed by atoms with E-state index in [1.54, 1.807) is 36.4 Å². The molecule has 0 aliphatic heterocycles. The number of fused-ring (bicyclic) bond motifs is 1. The molecule has 3 amide bonds. The zero-order valence-electron chi connectivity index (χ0n) is 17.3. The fourth-order valence-corrected chi connectivity index (χ4v) is 4.48. The third kappa shape index (κ3) is 5.74. The van der Waals surface area contributed by atoms with Crippen LogP contribution in [0, 0.1) is 0 Å². The van der Waals surface area contributed by atoms with Crippen LogP contribution < -0.4 is 16.1 Å². The summed E-state index contributed by atoms with van der Waals surface area (Å²) in [5.74, 6) is -2.63. The predicted octanol–water partition coefficient (Wildman–Crippen LogP) is 6.98. The van der Waals surface area contributed by atoms with Gasteiger partial charge in [-0.1, -0.05) is 68.4 Å². The molecule has 0 bridgehead atoms. The van der Waals surface area contributed by atoms with Crippen molar-refractivity contribution in [3.63, 3.8) is 0 Å². The predicted molar refractivity (Wildman–Crippen MR) is 144 cm³/mol. The normalized spacial score (nSPS) is 10.8. The molecule has 0 radical (unpaired) electrons. The van der Waals surface area contributed by atoms with E-state index in [0.29, 0.717) is 26.6 Å². The molecule has 0 spiro atoms. The standard InChI is InChI=1S/C23H13BrCl4N4O3/c24-12-4-5-18-11(6-12)7-19(21(33)29-15-9-13(25)8-14(26)10-15)32(18)31-23(35)22(34)30-17-3-1-2-16(27)20(17)28/h1-10H,(H,29,33)(H,30,34)(H,31,35). The van der Waals surface area contributed by atoms with Gasteiger partial charge in [0.25, 0.3) is 5.91 Å². The van der Waals surface area contributed by atoms with E-state index in [0.717, 1.165) is 4.47 Å². The van der Waals surface area contributed by atoms with Crippen LogP contribution in [-0.2, 0) is 9.59 Å². The van der Waals surface area contributed by atoms with Crippen molar-refractivity contribution in [2.45, 2.75) is 0 Å². The van der Waals surface area contributed by atoms with E-state index < -0.39 is 17.7 Å². The van der Waals surface area contributed by atoms with Crippen molar-refractivity contribution in [2.24, 2.45) is 0 Å². The fraction of sp³-hybridized carbons (Fsp3) is 0. The zero-order chi connectivity index (χ0) is 25.3. The Labute approximate surface area is 227 Å². The van der Waals surface area contributed by atoms with Gasteiger partial charge in [-0.2, -0.15) is 0 Å². The van der Waals surface area contributed by atoms with Crippen LogP contribution in [0.15, 0.2) is 65.1 Å². The maximum absolute atomic E-state index is 13.1. The zero-order valence-corrected chi connectivity index (χ0v) is 21.9. The lowest BCUT2D eigenvalue weighted by atomic mass is 10.2. The molecule has 4 aromatic rings. The number of rotatable bonds is 4. The Bertz CT molecular complexity index is 1490. The number of halogens is 5. The van der Waals surface area contributed by atoms with Gasteiger partial charge < -0.3 is 10.6 Å². The van der Waals surface area contributed by atoms with Crippen LogP contribution in [0.2, 0.25) is 20.1 Å². The Kier molecular flexibility index (Phi) is 7.59. The second-order valence-electron chi connectivity index (χ2n) is 7.18. The number of aromatic nitrogens is 1. The molecule has 0 aliphatic carbocycles. The summed E-state index contributed by atoms with van der Waals surface area (Å²) in [4.78, 5) is 38.4. The number of carbonyl (C=O) groups excluding carboxylic acids is 3. The Hall–Kier alpha value is -2.75. The van der Waals surface area contributed by atoms with Crippen LogP contribution in [0.1, 0.15) is 10.5 Å². The molecule has 0 saturated heterocycles. The molecule has 0 saturated carbocycles. The number of hydrogen-bond acceptors (Lipinski definition) is 3. The minimum Gasteiger partial charge on any atom is -0.321 e. The SMILES string of the molecule is O=C(Nc1cccc(Cl)c1Cl)C(=O)Nn1c(C(=O)Nc2cc(Cl)cc(Cl)c2)cc2cc(Br)ccc21. The summed E-state index contributed by atoms with van der Waals surface area (Å²) in [5, 5.41) is 6.70. The van der Waals surface area contributed by atoms with E-state index in [2.05, 4.69) is 32.0 Å². The van der Waals surface area contributed by atoms with E-state index in [1.165, 1.54) is 28.9 Å². The number of hydrogen-bond donors (Lipinski definition) is 3. The van der Waals surface area contributed by atoms with Crippen LogP contribution in [-0.4, -0.2) is 22.4 Å². The molecule has 7 nitrogen and oxygen atoms in total. The minimum absolute atomic E-state index is 0.0520. The largest absolute Gasteiger partial charge is 0.328 e. The molecule has 0 unspecified atom stereocenters. The Balaban J connectivity index is 1.64. The van der Waals surface area contributed by atoms with Crippen molar-refractivity contribution in [3.8, 4) is 0 Å². The lowest BCUT2D eigenvalue weighted by molar-refractivity contribution is -0.133. The third-order valence-corrected chi connectivity index (χ3v) is 6.48. The first-order chi connectivity index (χ1) is 16.6. The number of carbonyl (C=O) groups is 3. The highest BCUT2D eigenvalue weighted by Gasteiger charge is 2.22. The van der Waals surface area contributed by atoms with E-state index in [9.17, 15) is 14.4 Å². The molecule has 4 rings (SSSR count). The quantitative estimate of drug-likeness (QED) is 0.217. The van der Waals surface area contributed by atoms with Gasteiger partial charge in [-0.05, 0) is 54.6 Å². The van der Waals surface area contributed by atoms with Crippen molar-refractivity contribution >= 4 is 102 Å². The maximum Gasteiger partial charge on any atom is 0.328 e. The van der Waals surface area contributed by atoms with Gasteiger partial charge in [-0.25, -0.2) is 4.68 Å². The summed E-state index contributed by atoms with van der Waals surface area (Å²) >= 11 is 27.5. The highest BCUT2D eigenvalue weighted by atomic mass is 79.9. The number of nitrogens with zero attached hydrogens (tertiary/aromatic N) is 1. The second kappa shape index (κ2) is 10.5. The van der Waals surface area contributed by atoms with Crippen LogP contribution >= 0.6 is 62.3 Å². The number of amides is 3. The van der Waals surface area contributed by atoms with Crippen LogP contribution in [0.5, 0.6) is 0 Å². The van der Waals surface area contributed by atoms with Gasteiger partial charge in [0.15, 0.2) is 0 Å². The molecule has 0 atom stereocenters. The molecular weight excluding hydrogens is 602 g/mol. The van der Waals surface area contributed by atoms with Crippen LogP contribution in [0.3, 0.4) is 0 Å². The first-order valence-corrected chi connectivity index (χ1v) is 12.1. The van der Waals surface area contributed by atoms with E-state index in [4.69, 9.17) is 46.4 Å². The summed E-state index contributed by atoms with van der Waals surface area (Å²) in [6.45, 7) is 0. The van der Waals surface area contributed by atoms with Gasteiger partial charge >= 0.3 is 11.8 Å². The van der Waals surface area contributed by atoms with Crippen LogP contribution in [0.4, 0.5) is 11.4 Å². The molecule has 178 valence electrons. The summed E-state index contributed by atoms with van der Waals surface area (Å²) in [7, 11) is 0. The van der Waals surface area contributed by atoms with Crippen molar-refractivity contribution in [1.29, 1.82) is 0 Å².